The highest BCUT2D eigenvalue weighted by atomic mass is 19.3. The molecule has 1 aromatic carbocycles. The predicted molar refractivity (Wildman–Crippen MR) is 83.9 cm³/mol. The minimum atomic E-state index is -2.59. The van der Waals surface area contributed by atoms with Crippen molar-refractivity contribution in [2.24, 2.45) is 5.92 Å². The van der Waals surface area contributed by atoms with Crippen molar-refractivity contribution >= 4 is 5.97 Å². The van der Waals surface area contributed by atoms with E-state index in [-0.39, 0.29) is 5.92 Å². The Bertz CT molecular complexity index is 480. The Balaban J connectivity index is 1.80. The lowest BCUT2D eigenvalue weighted by molar-refractivity contribution is -0.153. The molecule has 0 aromatic heterocycles. The van der Waals surface area contributed by atoms with Crippen LogP contribution in [0.5, 0.6) is 5.75 Å². The maximum atomic E-state index is 12.1. The zero-order valence-electron chi connectivity index (χ0n) is 13.5. The Morgan fingerprint density at radius 1 is 1.17 bits per heavy atom. The minimum Gasteiger partial charge on any atom is -0.494 e. The van der Waals surface area contributed by atoms with Gasteiger partial charge in [-0.25, -0.2) is 8.78 Å². The van der Waals surface area contributed by atoms with Crippen LogP contribution in [0.4, 0.5) is 8.78 Å². The first-order valence-electron chi connectivity index (χ1n) is 8.27. The summed E-state index contributed by atoms with van der Waals surface area (Å²) in [4.78, 5) is 11.7. The zero-order valence-corrected chi connectivity index (χ0v) is 13.5. The second kappa shape index (κ2) is 8.85. The van der Waals surface area contributed by atoms with E-state index in [1.54, 1.807) is 0 Å². The minimum absolute atomic E-state index is 0.239. The van der Waals surface area contributed by atoms with E-state index < -0.39 is 19.0 Å². The standard InChI is InChI=1S/C18H24F2O3/c1-2-11-22-16-9-7-14(8-10-16)13-3-5-15(6-4-13)18(21)23-12-17(19)20/h7-10,13,15,17H,2-6,11-12H2,1H3/t13-,15-. The van der Waals surface area contributed by atoms with Gasteiger partial charge in [0.15, 0.2) is 6.61 Å². The van der Waals surface area contributed by atoms with Crippen molar-refractivity contribution in [3.63, 3.8) is 0 Å². The Hall–Kier alpha value is -1.65. The third kappa shape index (κ3) is 5.48. The van der Waals surface area contributed by atoms with Gasteiger partial charge >= 0.3 is 5.97 Å². The molecule has 0 spiro atoms. The Labute approximate surface area is 136 Å². The number of esters is 1. The van der Waals surface area contributed by atoms with Crippen molar-refractivity contribution in [2.45, 2.75) is 51.4 Å². The molecule has 1 fully saturated rings. The average Bonchev–Trinajstić information content (AvgIpc) is 2.58. The van der Waals surface area contributed by atoms with E-state index in [0.717, 1.165) is 25.0 Å². The summed E-state index contributed by atoms with van der Waals surface area (Å²) in [5.74, 6) is 0.568. The van der Waals surface area contributed by atoms with Gasteiger partial charge in [0.25, 0.3) is 6.43 Å². The smallest absolute Gasteiger partial charge is 0.309 e. The average molecular weight is 326 g/mol. The van der Waals surface area contributed by atoms with Crippen LogP contribution >= 0.6 is 0 Å². The Kier molecular flexibility index (Phi) is 6.81. The van der Waals surface area contributed by atoms with Gasteiger partial charge in [-0.15, -0.1) is 0 Å². The van der Waals surface area contributed by atoms with Crippen molar-refractivity contribution in [2.75, 3.05) is 13.2 Å². The SMILES string of the molecule is CCCOc1ccc([C@H]2CC[C@H](C(=O)OCC(F)F)CC2)cc1. The molecule has 1 aliphatic carbocycles. The van der Waals surface area contributed by atoms with Crippen LogP contribution in [0, 0.1) is 5.92 Å². The zero-order chi connectivity index (χ0) is 16.7. The fourth-order valence-corrected chi connectivity index (χ4v) is 2.98. The molecule has 0 radical (unpaired) electrons. The highest BCUT2D eigenvalue weighted by Gasteiger charge is 2.28. The van der Waals surface area contributed by atoms with Crippen molar-refractivity contribution in [3.8, 4) is 5.75 Å². The monoisotopic (exact) mass is 326 g/mol. The summed E-state index contributed by atoms with van der Waals surface area (Å²) in [5, 5.41) is 0. The summed E-state index contributed by atoms with van der Waals surface area (Å²) in [6.45, 7) is 1.99. The second-order valence-corrected chi connectivity index (χ2v) is 5.99. The first kappa shape index (κ1) is 17.7. The van der Waals surface area contributed by atoms with E-state index in [2.05, 4.69) is 23.8 Å². The molecule has 0 atom stereocenters. The molecule has 0 saturated heterocycles. The van der Waals surface area contributed by atoms with Crippen LogP contribution in [0.25, 0.3) is 0 Å². The van der Waals surface area contributed by atoms with Crippen LogP contribution in [-0.4, -0.2) is 25.6 Å². The van der Waals surface area contributed by atoms with Crippen molar-refractivity contribution in [1.29, 1.82) is 0 Å². The third-order valence-corrected chi connectivity index (χ3v) is 4.24. The van der Waals surface area contributed by atoms with E-state index in [9.17, 15) is 13.6 Å². The number of hydrogen-bond acceptors (Lipinski definition) is 3. The molecule has 3 nitrogen and oxygen atoms in total. The molecule has 2 rings (SSSR count). The summed E-state index contributed by atoms with van der Waals surface area (Å²) in [6.07, 6.45) is 1.53. The highest BCUT2D eigenvalue weighted by Crippen LogP contribution is 2.36. The quantitative estimate of drug-likeness (QED) is 0.689. The van der Waals surface area contributed by atoms with Gasteiger partial charge in [0, 0.05) is 0 Å². The van der Waals surface area contributed by atoms with Gasteiger partial charge in [-0.05, 0) is 55.7 Å². The number of carbonyl (C=O) groups is 1. The van der Waals surface area contributed by atoms with Crippen LogP contribution < -0.4 is 4.74 Å². The van der Waals surface area contributed by atoms with Gasteiger partial charge in [-0.2, -0.15) is 0 Å². The van der Waals surface area contributed by atoms with Gasteiger partial charge in [0.05, 0.1) is 12.5 Å². The van der Waals surface area contributed by atoms with Crippen LogP contribution in [0.3, 0.4) is 0 Å². The van der Waals surface area contributed by atoms with Crippen LogP contribution in [0.1, 0.15) is 50.5 Å². The molecule has 0 bridgehead atoms. The summed E-state index contributed by atoms with van der Waals surface area (Å²) in [7, 11) is 0. The highest BCUT2D eigenvalue weighted by molar-refractivity contribution is 5.72. The van der Waals surface area contributed by atoms with E-state index in [1.165, 1.54) is 5.56 Å². The Morgan fingerprint density at radius 2 is 1.83 bits per heavy atom. The molecule has 1 aromatic rings. The molecular weight excluding hydrogens is 302 g/mol. The Morgan fingerprint density at radius 3 is 2.39 bits per heavy atom. The molecule has 23 heavy (non-hydrogen) atoms. The van der Waals surface area contributed by atoms with E-state index in [1.807, 2.05) is 12.1 Å². The lowest BCUT2D eigenvalue weighted by Gasteiger charge is -2.27. The summed E-state index contributed by atoms with van der Waals surface area (Å²) in [5.41, 5.74) is 1.24. The molecular formula is C18H24F2O3. The van der Waals surface area contributed by atoms with Gasteiger partial charge < -0.3 is 9.47 Å². The van der Waals surface area contributed by atoms with Crippen molar-refractivity contribution in [3.05, 3.63) is 29.8 Å². The molecule has 5 heteroatoms. The molecule has 0 amide bonds. The number of carbonyl (C=O) groups excluding carboxylic acids is 1. The number of benzene rings is 1. The van der Waals surface area contributed by atoms with Crippen LogP contribution in [-0.2, 0) is 9.53 Å². The number of rotatable bonds is 7. The molecule has 0 heterocycles. The maximum absolute atomic E-state index is 12.1. The lowest BCUT2D eigenvalue weighted by atomic mass is 9.79. The van der Waals surface area contributed by atoms with Gasteiger partial charge in [0.1, 0.15) is 5.75 Å². The predicted octanol–water partition coefficient (Wildman–Crippen LogP) is 4.56. The fourth-order valence-electron chi connectivity index (χ4n) is 2.98. The molecule has 1 aliphatic rings. The van der Waals surface area contributed by atoms with Crippen LogP contribution in [0.2, 0.25) is 0 Å². The summed E-state index contributed by atoms with van der Waals surface area (Å²) in [6, 6.07) is 8.11. The van der Waals surface area contributed by atoms with Crippen LogP contribution in [0.15, 0.2) is 24.3 Å². The number of halogens is 2. The largest absolute Gasteiger partial charge is 0.494 e. The molecule has 0 unspecified atom stereocenters. The fraction of sp³-hybridized carbons (Fsp3) is 0.611. The maximum Gasteiger partial charge on any atom is 0.309 e. The topological polar surface area (TPSA) is 35.5 Å². The van der Waals surface area contributed by atoms with Gasteiger partial charge in [-0.3, -0.25) is 4.79 Å². The van der Waals surface area contributed by atoms with Crippen molar-refractivity contribution in [1.82, 2.24) is 0 Å². The normalized spacial score (nSPS) is 21.2. The van der Waals surface area contributed by atoms with Gasteiger partial charge in [0.2, 0.25) is 0 Å². The molecule has 0 aliphatic heterocycles. The lowest BCUT2D eigenvalue weighted by Crippen LogP contribution is -2.24. The van der Waals surface area contributed by atoms with Gasteiger partial charge in [-0.1, -0.05) is 19.1 Å². The molecule has 1 saturated carbocycles. The summed E-state index contributed by atoms with van der Waals surface area (Å²) < 4.78 is 34.3. The van der Waals surface area contributed by atoms with E-state index in [0.29, 0.717) is 25.4 Å². The first-order chi connectivity index (χ1) is 11.1. The second-order valence-electron chi connectivity index (χ2n) is 5.99. The first-order valence-corrected chi connectivity index (χ1v) is 8.27. The molecule has 0 N–H and O–H groups in total. The molecule has 128 valence electrons. The van der Waals surface area contributed by atoms with Crippen molar-refractivity contribution < 1.29 is 23.0 Å². The van der Waals surface area contributed by atoms with E-state index >= 15 is 0 Å². The summed E-state index contributed by atoms with van der Waals surface area (Å²) >= 11 is 0. The third-order valence-electron chi connectivity index (χ3n) is 4.24. The number of alkyl halides is 2. The number of ether oxygens (including phenoxy) is 2. The van der Waals surface area contributed by atoms with E-state index in [4.69, 9.17) is 4.74 Å². The number of hydrogen-bond donors (Lipinski definition) is 0.